The first-order valence-corrected chi connectivity index (χ1v) is 10.8. The molecular formula is C24H37N5. The molecule has 1 aromatic rings. The molecule has 0 unspecified atom stereocenters. The van der Waals surface area contributed by atoms with Gasteiger partial charge in [-0.15, -0.1) is 0 Å². The number of nitrogens with one attached hydrogen (secondary N) is 2. The van der Waals surface area contributed by atoms with Gasteiger partial charge < -0.3 is 15.5 Å². The smallest absolute Gasteiger partial charge is 0.200 e. The first-order chi connectivity index (χ1) is 13.9. The molecule has 158 valence electrons. The van der Waals surface area contributed by atoms with E-state index in [0.29, 0.717) is 6.04 Å². The molecule has 5 heteroatoms. The van der Waals surface area contributed by atoms with Crippen LogP contribution in [0, 0.1) is 13.8 Å². The number of nitrogens with zero attached hydrogens (tertiary/aromatic N) is 3. The summed E-state index contributed by atoms with van der Waals surface area (Å²) in [7, 11) is 2.14. The Morgan fingerprint density at radius 3 is 2.62 bits per heavy atom. The summed E-state index contributed by atoms with van der Waals surface area (Å²) in [5.74, 6) is 0.865. The summed E-state index contributed by atoms with van der Waals surface area (Å²) in [4.78, 5) is 9.64. The lowest BCUT2D eigenvalue weighted by atomic mass is 10.1. The molecule has 0 bridgehead atoms. The molecule has 0 saturated heterocycles. The maximum absolute atomic E-state index is 4.75. The predicted molar refractivity (Wildman–Crippen MR) is 124 cm³/mol. The van der Waals surface area contributed by atoms with E-state index in [0.717, 1.165) is 43.5 Å². The minimum atomic E-state index is 0.602. The van der Waals surface area contributed by atoms with Crippen LogP contribution < -0.4 is 10.6 Å². The third-order valence-electron chi connectivity index (χ3n) is 5.95. The van der Waals surface area contributed by atoms with E-state index in [9.17, 15) is 0 Å². The molecule has 1 aromatic carbocycles. The fraction of sp³-hybridized carbons (Fsp3) is 0.542. The zero-order chi connectivity index (χ0) is 21.0. The topological polar surface area (TPSA) is 42.9 Å². The highest BCUT2D eigenvalue weighted by Gasteiger charge is 2.29. The van der Waals surface area contributed by atoms with Crippen LogP contribution >= 0.6 is 0 Å². The average Bonchev–Trinajstić information content (AvgIpc) is 3.07. The van der Waals surface area contributed by atoms with Crippen LogP contribution in [0.15, 0.2) is 46.7 Å². The fourth-order valence-electron chi connectivity index (χ4n) is 4.23. The molecule has 29 heavy (non-hydrogen) atoms. The van der Waals surface area contributed by atoms with Crippen LogP contribution in [0.2, 0.25) is 0 Å². The van der Waals surface area contributed by atoms with E-state index in [4.69, 9.17) is 4.99 Å². The molecule has 2 heterocycles. The third-order valence-corrected chi connectivity index (χ3v) is 5.95. The molecule has 2 aliphatic rings. The standard InChI is InChI=1S/C24H37N5/c1-7-8-22(9-10-28(6)17(2)3)29-15-20-14-25-24(27-23(20)16-29)26-21-12-18(4)11-19(5)13-21/h11-13,22H,2,7-10,14-16H2,1,3-6H3,(H2,25,26,27)/t22-/m0/s1. The number of benzene rings is 1. The number of hydrogen-bond acceptors (Lipinski definition) is 5. The molecule has 3 rings (SSSR count). The minimum Gasteiger partial charge on any atom is -0.379 e. The van der Waals surface area contributed by atoms with Gasteiger partial charge in [0.1, 0.15) is 0 Å². The third kappa shape index (κ3) is 5.63. The lowest BCUT2D eigenvalue weighted by Crippen LogP contribution is -2.38. The molecule has 0 aromatic heterocycles. The number of anilines is 1. The summed E-state index contributed by atoms with van der Waals surface area (Å²) in [6, 6.07) is 7.12. The van der Waals surface area contributed by atoms with Crippen molar-refractivity contribution in [3.63, 3.8) is 0 Å². The number of guanidine groups is 1. The Balaban J connectivity index is 1.58. The first kappa shape index (κ1) is 21.4. The average molecular weight is 396 g/mol. The summed E-state index contributed by atoms with van der Waals surface area (Å²) in [6.45, 7) is 16.6. The second-order valence-electron chi connectivity index (χ2n) is 8.67. The molecule has 0 spiro atoms. The van der Waals surface area contributed by atoms with Crippen molar-refractivity contribution in [2.24, 2.45) is 4.99 Å². The maximum atomic E-state index is 4.75. The monoisotopic (exact) mass is 395 g/mol. The number of aliphatic imine (C=N–C) groups is 1. The minimum absolute atomic E-state index is 0.602. The Kier molecular flexibility index (Phi) is 7.01. The van der Waals surface area contributed by atoms with Crippen molar-refractivity contribution in [2.75, 3.05) is 38.5 Å². The van der Waals surface area contributed by atoms with Crippen molar-refractivity contribution in [3.05, 3.63) is 52.9 Å². The van der Waals surface area contributed by atoms with Crippen molar-refractivity contribution >= 4 is 11.6 Å². The zero-order valence-corrected chi connectivity index (χ0v) is 18.8. The van der Waals surface area contributed by atoms with Gasteiger partial charge in [-0.3, -0.25) is 4.90 Å². The van der Waals surface area contributed by atoms with Gasteiger partial charge in [-0.05, 0) is 62.4 Å². The lowest BCUT2D eigenvalue weighted by Gasteiger charge is -2.30. The van der Waals surface area contributed by atoms with Crippen LogP contribution in [0.5, 0.6) is 0 Å². The number of allylic oxidation sites excluding steroid dienone is 1. The first-order valence-electron chi connectivity index (χ1n) is 10.8. The van der Waals surface area contributed by atoms with E-state index < -0.39 is 0 Å². The van der Waals surface area contributed by atoms with Crippen LogP contribution in [0.4, 0.5) is 5.69 Å². The summed E-state index contributed by atoms with van der Waals surface area (Å²) in [5, 5.41) is 7.03. The van der Waals surface area contributed by atoms with Gasteiger partial charge in [0, 0.05) is 49.8 Å². The Morgan fingerprint density at radius 1 is 1.24 bits per heavy atom. The van der Waals surface area contributed by atoms with Crippen LogP contribution in [0.3, 0.4) is 0 Å². The van der Waals surface area contributed by atoms with E-state index in [2.05, 4.69) is 80.0 Å². The molecule has 0 aliphatic carbocycles. The van der Waals surface area contributed by atoms with Crippen LogP contribution in [-0.4, -0.2) is 55.0 Å². The van der Waals surface area contributed by atoms with Crippen molar-refractivity contribution < 1.29 is 0 Å². The second-order valence-corrected chi connectivity index (χ2v) is 8.67. The molecule has 2 N–H and O–H groups in total. The van der Waals surface area contributed by atoms with E-state index >= 15 is 0 Å². The number of rotatable bonds is 8. The largest absolute Gasteiger partial charge is 0.379 e. The highest BCUT2D eigenvalue weighted by Crippen LogP contribution is 2.25. The quantitative estimate of drug-likeness (QED) is 0.690. The van der Waals surface area contributed by atoms with Gasteiger partial charge >= 0.3 is 0 Å². The molecule has 0 fully saturated rings. The molecule has 0 saturated carbocycles. The van der Waals surface area contributed by atoms with Crippen molar-refractivity contribution in [3.8, 4) is 0 Å². The molecule has 0 radical (unpaired) electrons. The van der Waals surface area contributed by atoms with Gasteiger partial charge in [0.25, 0.3) is 0 Å². The van der Waals surface area contributed by atoms with Crippen LogP contribution in [-0.2, 0) is 0 Å². The fourth-order valence-corrected chi connectivity index (χ4v) is 4.23. The lowest BCUT2D eigenvalue weighted by molar-refractivity contribution is 0.205. The van der Waals surface area contributed by atoms with E-state index in [1.54, 1.807) is 0 Å². The Hall–Kier alpha value is -2.27. The normalized spacial score (nSPS) is 17.5. The van der Waals surface area contributed by atoms with E-state index in [1.165, 1.54) is 41.7 Å². The number of hydrogen-bond donors (Lipinski definition) is 2. The van der Waals surface area contributed by atoms with Crippen molar-refractivity contribution in [1.29, 1.82) is 0 Å². The van der Waals surface area contributed by atoms with Gasteiger partial charge in [-0.1, -0.05) is 26.0 Å². The summed E-state index contributed by atoms with van der Waals surface area (Å²) in [5.41, 5.74) is 7.53. The summed E-state index contributed by atoms with van der Waals surface area (Å²) >= 11 is 0. The SMILES string of the molecule is C=C(C)N(C)CC[C@H](CCC)N1CC2=C(C1)NC(Nc1cc(C)cc(C)c1)=NC2. The van der Waals surface area contributed by atoms with Gasteiger partial charge in [-0.2, -0.15) is 0 Å². The predicted octanol–water partition coefficient (Wildman–Crippen LogP) is 4.27. The maximum Gasteiger partial charge on any atom is 0.200 e. The van der Waals surface area contributed by atoms with Gasteiger partial charge in [0.2, 0.25) is 0 Å². The summed E-state index contributed by atoms with van der Waals surface area (Å²) in [6.07, 6.45) is 3.62. The van der Waals surface area contributed by atoms with Crippen molar-refractivity contribution in [1.82, 2.24) is 15.1 Å². The van der Waals surface area contributed by atoms with Crippen molar-refractivity contribution in [2.45, 2.75) is 53.0 Å². The van der Waals surface area contributed by atoms with Crippen LogP contribution in [0.1, 0.15) is 44.2 Å². The highest BCUT2D eigenvalue weighted by molar-refractivity contribution is 5.95. The van der Waals surface area contributed by atoms with Gasteiger partial charge in [0.15, 0.2) is 5.96 Å². The molecule has 2 aliphatic heterocycles. The molecule has 0 amide bonds. The Labute approximate surface area is 176 Å². The number of aryl methyl sites for hydroxylation is 2. The molecular weight excluding hydrogens is 358 g/mol. The van der Waals surface area contributed by atoms with Crippen LogP contribution in [0.25, 0.3) is 0 Å². The second kappa shape index (κ2) is 9.49. The highest BCUT2D eigenvalue weighted by atomic mass is 15.3. The Bertz CT molecular complexity index is 787. The summed E-state index contributed by atoms with van der Waals surface area (Å²) < 4.78 is 0. The van der Waals surface area contributed by atoms with Gasteiger partial charge in [-0.25, -0.2) is 4.99 Å². The van der Waals surface area contributed by atoms with E-state index in [-0.39, 0.29) is 0 Å². The molecule has 1 atom stereocenters. The Morgan fingerprint density at radius 2 is 1.97 bits per heavy atom. The molecule has 5 nitrogen and oxygen atoms in total. The van der Waals surface area contributed by atoms with Gasteiger partial charge in [0.05, 0.1) is 6.54 Å². The zero-order valence-electron chi connectivity index (χ0n) is 18.8. The van der Waals surface area contributed by atoms with E-state index in [1.807, 2.05) is 0 Å².